The number of aryl methyl sites for hydroxylation is 1. The molecule has 0 aliphatic heterocycles. The summed E-state index contributed by atoms with van der Waals surface area (Å²) in [4.78, 5) is 5.45. The predicted octanol–water partition coefficient (Wildman–Crippen LogP) is 4.29. The summed E-state index contributed by atoms with van der Waals surface area (Å²) >= 11 is 7.41. The van der Waals surface area contributed by atoms with Crippen molar-refractivity contribution in [3.63, 3.8) is 0 Å². The fourth-order valence-electron chi connectivity index (χ4n) is 2.16. The molecule has 3 aromatic heterocycles. The Hall–Kier alpha value is -2.22. The van der Waals surface area contributed by atoms with E-state index < -0.39 is 0 Å². The predicted molar refractivity (Wildman–Crippen MR) is 94.7 cm³/mol. The van der Waals surface area contributed by atoms with Crippen molar-refractivity contribution in [3.05, 3.63) is 58.0 Å². The Labute approximate surface area is 138 Å². The fraction of sp³-hybridized carbons (Fsp3) is 0.118. The van der Waals surface area contributed by atoms with Gasteiger partial charge < -0.3 is 9.88 Å². The van der Waals surface area contributed by atoms with Crippen molar-refractivity contribution in [1.82, 2.24) is 9.55 Å². The van der Waals surface area contributed by atoms with Gasteiger partial charge in [-0.25, -0.2) is 4.98 Å². The number of hydrogen-bond donors (Lipinski definition) is 1. The number of pyridine rings is 1. The zero-order chi connectivity index (χ0) is 15.5. The summed E-state index contributed by atoms with van der Waals surface area (Å²) in [7, 11) is 1.97. The third-order valence-corrected chi connectivity index (χ3v) is 4.30. The van der Waals surface area contributed by atoms with Crippen LogP contribution in [-0.2, 0) is 7.05 Å². The first-order valence-corrected chi connectivity index (χ1v) is 7.94. The third kappa shape index (κ3) is 3.01. The Morgan fingerprint density at radius 2 is 2.32 bits per heavy atom. The number of halogens is 1. The zero-order valence-corrected chi connectivity index (χ0v) is 13.6. The lowest BCUT2D eigenvalue weighted by atomic mass is 10.2. The summed E-state index contributed by atoms with van der Waals surface area (Å²) in [6.07, 6.45) is 5.63. The number of nitrogens with one attached hydrogen (secondary N) is 1. The van der Waals surface area contributed by atoms with Gasteiger partial charge in [0.25, 0.3) is 0 Å². The largest absolute Gasteiger partial charge is 0.380 e. The smallest absolute Gasteiger partial charge is 0.141 e. The first kappa shape index (κ1) is 14.7. The molecule has 0 aliphatic rings. The molecule has 0 aromatic carbocycles. The molecule has 1 N–H and O–H groups in total. The van der Waals surface area contributed by atoms with Crippen molar-refractivity contribution >= 4 is 39.7 Å². The van der Waals surface area contributed by atoms with Crippen LogP contribution in [0.3, 0.4) is 0 Å². The maximum absolute atomic E-state index is 5.93. The monoisotopic (exact) mass is 327 g/mol. The van der Waals surface area contributed by atoms with E-state index in [0.717, 1.165) is 31.5 Å². The van der Waals surface area contributed by atoms with Crippen molar-refractivity contribution in [2.45, 2.75) is 0 Å². The summed E-state index contributed by atoms with van der Waals surface area (Å²) in [6, 6.07) is 5.86. The molecule has 3 aromatic rings. The molecule has 110 valence electrons. The number of hydrogen-bond acceptors (Lipinski definition) is 3. The number of thiophene rings is 1. The van der Waals surface area contributed by atoms with Crippen LogP contribution in [0.25, 0.3) is 11.0 Å². The van der Waals surface area contributed by atoms with Gasteiger partial charge in [-0.05, 0) is 18.2 Å². The molecule has 0 spiro atoms. The summed E-state index contributed by atoms with van der Waals surface area (Å²) in [5.74, 6) is 6.37. The maximum Gasteiger partial charge on any atom is 0.141 e. The van der Waals surface area contributed by atoms with E-state index in [-0.39, 0.29) is 0 Å². The highest BCUT2D eigenvalue weighted by Gasteiger charge is 2.07. The molecule has 0 unspecified atom stereocenters. The lowest BCUT2D eigenvalue weighted by molar-refractivity contribution is 0.947. The van der Waals surface area contributed by atoms with Crippen molar-refractivity contribution in [2.24, 2.45) is 7.05 Å². The van der Waals surface area contributed by atoms with Crippen LogP contribution in [0.1, 0.15) is 10.4 Å². The number of rotatable bonds is 3. The van der Waals surface area contributed by atoms with Crippen LogP contribution in [0, 0.1) is 11.8 Å². The molecule has 0 fully saturated rings. The second-order valence-electron chi connectivity index (χ2n) is 4.77. The Bertz CT molecular complexity index is 896. The molecule has 3 rings (SSSR count). The first-order chi connectivity index (χ1) is 10.7. The van der Waals surface area contributed by atoms with Crippen molar-refractivity contribution in [2.75, 3.05) is 11.9 Å². The van der Waals surface area contributed by atoms with Crippen LogP contribution in [0.5, 0.6) is 0 Å². The average molecular weight is 328 g/mol. The van der Waals surface area contributed by atoms with Gasteiger partial charge in [0.05, 0.1) is 26.7 Å². The minimum atomic E-state index is 0.703. The van der Waals surface area contributed by atoms with Gasteiger partial charge in [0.1, 0.15) is 5.65 Å². The van der Waals surface area contributed by atoms with Crippen LogP contribution in [0.4, 0.5) is 5.69 Å². The highest BCUT2D eigenvalue weighted by Crippen LogP contribution is 2.23. The summed E-state index contributed by atoms with van der Waals surface area (Å²) in [6.45, 7) is 4.41. The van der Waals surface area contributed by atoms with Crippen LogP contribution in [0.2, 0.25) is 4.34 Å². The lowest BCUT2D eigenvalue weighted by Crippen LogP contribution is -1.98. The van der Waals surface area contributed by atoms with Crippen molar-refractivity contribution < 1.29 is 0 Å². The first-order valence-electron chi connectivity index (χ1n) is 6.74. The molecular weight excluding hydrogens is 314 g/mol. The third-order valence-electron chi connectivity index (χ3n) is 3.16. The van der Waals surface area contributed by atoms with Gasteiger partial charge in [0.2, 0.25) is 0 Å². The van der Waals surface area contributed by atoms with E-state index in [1.807, 2.05) is 42.2 Å². The van der Waals surface area contributed by atoms with E-state index in [1.54, 1.807) is 0 Å². The SMILES string of the molecule is C=CCNc1cnc2c(c1)c(C#Cc1ccc(Cl)s1)cn2C. The number of anilines is 1. The molecule has 0 amide bonds. The molecule has 0 atom stereocenters. The summed E-state index contributed by atoms with van der Waals surface area (Å²) in [5, 5.41) is 4.28. The molecule has 22 heavy (non-hydrogen) atoms. The topological polar surface area (TPSA) is 29.9 Å². The minimum absolute atomic E-state index is 0.703. The summed E-state index contributed by atoms with van der Waals surface area (Å²) < 4.78 is 2.73. The van der Waals surface area contributed by atoms with E-state index in [4.69, 9.17) is 11.6 Å². The van der Waals surface area contributed by atoms with Crippen LogP contribution < -0.4 is 5.32 Å². The Kier molecular flexibility index (Phi) is 4.19. The molecule has 3 nitrogen and oxygen atoms in total. The summed E-state index contributed by atoms with van der Waals surface area (Å²) in [5.41, 5.74) is 2.83. The van der Waals surface area contributed by atoms with Gasteiger partial charge in [0, 0.05) is 25.2 Å². The highest BCUT2D eigenvalue weighted by atomic mass is 35.5. The quantitative estimate of drug-likeness (QED) is 0.574. The highest BCUT2D eigenvalue weighted by molar-refractivity contribution is 7.16. The molecule has 3 heterocycles. The van der Waals surface area contributed by atoms with Crippen molar-refractivity contribution in [1.29, 1.82) is 0 Å². The average Bonchev–Trinajstić information content (AvgIpc) is 3.07. The van der Waals surface area contributed by atoms with E-state index in [1.165, 1.54) is 11.3 Å². The molecule has 0 saturated heterocycles. The van der Waals surface area contributed by atoms with Gasteiger partial charge in [-0.2, -0.15) is 0 Å². The Morgan fingerprint density at radius 3 is 3.05 bits per heavy atom. The van der Waals surface area contributed by atoms with Gasteiger partial charge in [-0.3, -0.25) is 0 Å². The van der Waals surface area contributed by atoms with E-state index in [0.29, 0.717) is 6.54 Å². The van der Waals surface area contributed by atoms with Gasteiger partial charge in [-0.1, -0.05) is 29.5 Å². The molecular formula is C17H14ClN3S. The number of nitrogens with zero attached hydrogens (tertiary/aromatic N) is 2. The Morgan fingerprint density at radius 1 is 1.45 bits per heavy atom. The normalized spacial score (nSPS) is 10.3. The van der Waals surface area contributed by atoms with Gasteiger partial charge >= 0.3 is 0 Å². The van der Waals surface area contributed by atoms with E-state index in [9.17, 15) is 0 Å². The zero-order valence-electron chi connectivity index (χ0n) is 12.1. The Balaban J connectivity index is 2.01. The van der Waals surface area contributed by atoms with E-state index >= 15 is 0 Å². The standard InChI is InChI=1S/C17H14ClN3S/c1-3-8-19-13-9-15-12(11-21(2)17(15)20-10-13)4-5-14-6-7-16(18)22-14/h3,6-7,9-11,19H,1,8H2,2H3. The molecule has 5 heteroatoms. The maximum atomic E-state index is 5.93. The van der Waals surface area contributed by atoms with E-state index in [2.05, 4.69) is 34.8 Å². The molecule has 0 bridgehead atoms. The second-order valence-corrected chi connectivity index (χ2v) is 6.49. The second kappa shape index (κ2) is 6.27. The fourth-order valence-corrected chi connectivity index (χ4v) is 3.05. The molecule has 0 aliphatic carbocycles. The number of fused-ring (bicyclic) bond motifs is 1. The van der Waals surface area contributed by atoms with Crippen LogP contribution in [-0.4, -0.2) is 16.1 Å². The van der Waals surface area contributed by atoms with Gasteiger partial charge in [0.15, 0.2) is 0 Å². The lowest BCUT2D eigenvalue weighted by Gasteiger charge is -2.03. The molecule has 0 radical (unpaired) electrons. The number of aromatic nitrogens is 2. The molecule has 0 saturated carbocycles. The van der Waals surface area contributed by atoms with Gasteiger partial charge in [-0.15, -0.1) is 17.9 Å². The van der Waals surface area contributed by atoms with Crippen LogP contribution >= 0.6 is 22.9 Å². The van der Waals surface area contributed by atoms with Crippen LogP contribution in [0.15, 0.2) is 43.2 Å². The minimum Gasteiger partial charge on any atom is -0.380 e. The van der Waals surface area contributed by atoms with Crippen molar-refractivity contribution in [3.8, 4) is 11.8 Å².